The number of hydrogen-bond donors (Lipinski definition) is 1. The lowest BCUT2D eigenvalue weighted by Gasteiger charge is -2.22. The number of anilines is 1. The zero-order valence-corrected chi connectivity index (χ0v) is 12.4. The number of aryl methyl sites for hydroxylation is 1. The Bertz CT molecular complexity index is 349. The number of nitrogens with zero attached hydrogens (tertiary/aromatic N) is 2. The van der Waals surface area contributed by atoms with E-state index in [0.29, 0.717) is 12.0 Å². The smallest absolute Gasteiger partial charge is 0.203 e. The summed E-state index contributed by atoms with van der Waals surface area (Å²) in [5, 5.41) is 3.40. The van der Waals surface area contributed by atoms with Gasteiger partial charge >= 0.3 is 0 Å². The lowest BCUT2D eigenvalue weighted by molar-refractivity contribution is 0.197. The van der Waals surface area contributed by atoms with Gasteiger partial charge in [0.25, 0.3) is 0 Å². The highest BCUT2D eigenvalue weighted by molar-refractivity contribution is 5.29. The largest absolute Gasteiger partial charge is 0.385 e. The van der Waals surface area contributed by atoms with Crippen LogP contribution in [0.1, 0.15) is 45.3 Å². The van der Waals surface area contributed by atoms with Crippen molar-refractivity contribution in [3.8, 4) is 0 Å². The van der Waals surface area contributed by atoms with Gasteiger partial charge < -0.3 is 14.6 Å². The number of methoxy groups -OCH3 is 1. The summed E-state index contributed by atoms with van der Waals surface area (Å²) in [6.07, 6.45) is 4.32. The van der Waals surface area contributed by atoms with Gasteiger partial charge in [-0.05, 0) is 26.2 Å². The molecule has 1 rings (SSSR count). The maximum Gasteiger partial charge on any atom is 0.203 e. The Morgan fingerprint density at radius 3 is 2.78 bits per heavy atom. The topological polar surface area (TPSA) is 39.1 Å². The predicted octanol–water partition coefficient (Wildman–Crippen LogP) is 3.25. The summed E-state index contributed by atoms with van der Waals surface area (Å²) in [7, 11) is 1.73. The van der Waals surface area contributed by atoms with E-state index in [9.17, 15) is 0 Å². The highest BCUT2D eigenvalue weighted by Gasteiger charge is 2.16. The molecule has 0 saturated carbocycles. The van der Waals surface area contributed by atoms with Crippen molar-refractivity contribution < 1.29 is 4.74 Å². The summed E-state index contributed by atoms with van der Waals surface area (Å²) in [5.74, 6) is 1.63. The molecule has 1 aromatic rings. The third-order valence-corrected chi connectivity index (χ3v) is 3.57. The predicted molar refractivity (Wildman–Crippen MR) is 76.1 cm³/mol. The van der Waals surface area contributed by atoms with Crippen LogP contribution in [0.3, 0.4) is 0 Å². The van der Waals surface area contributed by atoms with Crippen LogP contribution in [0.5, 0.6) is 0 Å². The fourth-order valence-corrected chi connectivity index (χ4v) is 1.99. The molecule has 2 atom stereocenters. The van der Waals surface area contributed by atoms with Crippen LogP contribution in [0, 0.1) is 12.8 Å². The molecule has 0 fully saturated rings. The molecule has 1 aromatic heterocycles. The molecule has 0 amide bonds. The molecular weight excluding hydrogens is 226 g/mol. The van der Waals surface area contributed by atoms with Crippen molar-refractivity contribution in [3.63, 3.8) is 0 Å². The Morgan fingerprint density at radius 1 is 1.44 bits per heavy atom. The van der Waals surface area contributed by atoms with Crippen LogP contribution in [0.2, 0.25) is 0 Å². The molecule has 104 valence electrons. The van der Waals surface area contributed by atoms with Crippen LogP contribution in [0.15, 0.2) is 6.20 Å². The van der Waals surface area contributed by atoms with Crippen LogP contribution >= 0.6 is 0 Å². The molecule has 0 aliphatic rings. The van der Waals surface area contributed by atoms with E-state index in [1.54, 1.807) is 7.11 Å². The molecule has 1 N–H and O–H groups in total. The van der Waals surface area contributed by atoms with Gasteiger partial charge in [-0.2, -0.15) is 0 Å². The molecule has 0 radical (unpaired) electrons. The van der Waals surface area contributed by atoms with E-state index in [2.05, 4.69) is 41.8 Å². The molecule has 0 aliphatic heterocycles. The second kappa shape index (κ2) is 7.41. The van der Waals surface area contributed by atoms with Crippen molar-refractivity contribution >= 4 is 5.95 Å². The van der Waals surface area contributed by atoms with Gasteiger partial charge in [-0.1, -0.05) is 20.3 Å². The molecule has 4 heteroatoms. The first kappa shape index (κ1) is 15.0. The zero-order chi connectivity index (χ0) is 13.5. The minimum absolute atomic E-state index is 0.473. The summed E-state index contributed by atoms with van der Waals surface area (Å²) in [4.78, 5) is 4.56. The van der Waals surface area contributed by atoms with Crippen molar-refractivity contribution in [2.24, 2.45) is 5.92 Å². The first-order chi connectivity index (χ1) is 8.60. The number of nitrogens with one attached hydrogen (secondary N) is 1. The van der Waals surface area contributed by atoms with Gasteiger partial charge in [-0.15, -0.1) is 0 Å². The first-order valence-electron chi connectivity index (χ1n) is 6.88. The quantitative estimate of drug-likeness (QED) is 0.723. The maximum absolute atomic E-state index is 5.05. The molecular formula is C14H27N3O. The average Bonchev–Trinajstić information content (AvgIpc) is 2.74. The lowest BCUT2D eigenvalue weighted by atomic mass is 10.0. The Balaban J connectivity index is 2.66. The van der Waals surface area contributed by atoms with Crippen LogP contribution in [-0.2, 0) is 4.74 Å². The lowest BCUT2D eigenvalue weighted by Crippen LogP contribution is -2.17. The van der Waals surface area contributed by atoms with Gasteiger partial charge in [-0.3, -0.25) is 0 Å². The molecule has 0 aromatic carbocycles. The molecule has 0 saturated heterocycles. The van der Waals surface area contributed by atoms with Gasteiger partial charge in [0.1, 0.15) is 0 Å². The third-order valence-electron chi connectivity index (χ3n) is 3.57. The van der Waals surface area contributed by atoms with Gasteiger partial charge in [-0.25, -0.2) is 4.98 Å². The number of hydrogen-bond acceptors (Lipinski definition) is 3. The molecule has 0 spiro atoms. The minimum atomic E-state index is 0.473. The summed E-state index contributed by atoms with van der Waals surface area (Å²) < 4.78 is 7.31. The molecule has 4 nitrogen and oxygen atoms in total. The number of aromatic nitrogens is 2. The Morgan fingerprint density at radius 2 is 2.17 bits per heavy atom. The summed E-state index contributed by atoms with van der Waals surface area (Å²) in [6.45, 7) is 10.5. The Labute approximate surface area is 111 Å². The zero-order valence-electron chi connectivity index (χ0n) is 12.4. The van der Waals surface area contributed by atoms with Crippen molar-refractivity contribution in [2.45, 2.75) is 46.6 Å². The van der Waals surface area contributed by atoms with Crippen molar-refractivity contribution in [2.75, 3.05) is 25.6 Å². The summed E-state index contributed by atoms with van der Waals surface area (Å²) >= 11 is 0. The number of imidazole rings is 1. The standard InChI is InChI=1S/C14H27N3O/c1-6-11(2)13(4)17-10-12(3)16-14(17)15-8-7-9-18-5/h10-11,13H,6-9H2,1-5H3,(H,15,16). The Kier molecular flexibility index (Phi) is 6.19. The molecule has 0 aliphatic carbocycles. The van der Waals surface area contributed by atoms with E-state index >= 15 is 0 Å². The highest BCUT2D eigenvalue weighted by atomic mass is 16.5. The fourth-order valence-electron chi connectivity index (χ4n) is 1.99. The average molecular weight is 253 g/mol. The highest BCUT2D eigenvalue weighted by Crippen LogP contribution is 2.24. The first-order valence-corrected chi connectivity index (χ1v) is 6.88. The summed E-state index contributed by atoms with van der Waals surface area (Å²) in [6, 6.07) is 0.473. The minimum Gasteiger partial charge on any atom is -0.385 e. The normalized spacial score (nSPS) is 14.5. The Hall–Kier alpha value is -1.03. The second-order valence-corrected chi connectivity index (χ2v) is 5.01. The van der Waals surface area contributed by atoms with Crippen molar-refractivity contribution in [3.05, 3.63) is 11.9 Å². The third kappa shape index (κ3) is 4.02. The fraction of sp³-hybridized carbons (Fsp3) is 0.786. The number of ether oxygens (including phenoxy) is 1. The van der Waals surface area contributed by atoms with E-state index < -0.39 is 0 Å². The SMILES string of the molecule is CCC(C)C(C)n1cc(C)nc1NCCCOC. The molecule has 1 heterocycles. The van der Waals surface area contributed by atoms with Crippen LogP contribution in [-0.4, -0.2) is 29.8 Å². The van der Waals surface area contributed by atoms with Crippen LogP contribution in [0.25, 0.3) is 0 Å². The van der Waals surface area contributed by atoms with Crippen molar-refractivity contribution in [1.82, 2.24) is 9.55 Å². The summed E-state index contributed by atoms with van der Waals surface area (Å²) in [5.41, 5.74) is 1.07. The van der Waals surface area contributed by atoms with Gasteiger partial charge in [0.15, 0.2) is 0 Å². The van der Waals surface area contributed by atoms with E-state index in [-0.39, 0.29) is 0 Å². The van der Waals surface area contributed by atoms with Crippen molar-refractivity contribution in [1.29, 1.82) is 0 Å². The molecule has 2 unspecified atom stereocenters. The van der Waals surface area contributed by atoms with Crippen LogP contribution in [0.4, 0.5) is 5.95 Å². The van der Waals surface area contributed by atoms with E-state index in [0.717, 1.165) is 31.2 Å². The van der Waals surface area contributed by atoms with E-state index in [1.165, 1.54) is 6.42 Å². The van der Waals surface area contributed by atoms with Gasteiger partial charge in [0.05, 0.1) is 5.69 Å². The molecule has 18 heavy (non-hydrogen) atoms. The van der Waals surface area contributed by atoms with Gasteiger partial charge in [0.2, 0.25) is 5.95 Å². The number of rotatable bonds is 8. The maximum atomic E-state index is 5.05. The van der Waals surface area contributed by atoms with Gasteiger partial charge in [0, 0.05) is 32.5 Å². The second-order valence-electron chi connectivity index (χ2n) is 5.01. The van der Waals surface area contributed by atoms with E-state index in [4.69, 9.17) is 4.74 Å². The van der Waals surface area contributed by atoms with Crippen LogP contribution < -0.4 is 5.32 Å². The monoisotopic (exact) mass is 253 g/mol. The molecule has 0 bridgehead atoms. The van der Waals surface area contributed by atoms with E-state index in [1.807, 2.05) is 6.92 Å².